The molecule has 3 N–H and O–H groups in total. The second kappa shape index (κ2) is 13.3. The van der Waals surface area contributed by atoms with E-state index in [-0.39, 0.29) is 17.0 Å². The Hall–Kier alpha value is -5.34. The zero-order chi connectivity index (χ0) is 29.3. The Morgan fingerprint density at radius 1 is 0.619 bits per heavy atom. The van der Waals surface area contributed by atoms with Gasteiger partial charge in [-0.2, -0.15) is 0 Å². The summed E-state index contributed by atoms with van der Waals surface area (Å²) in [5.41, 5.74) is 1.89. The van der Waals surface area contributed by atoms with Gasteiger partial charge in [-0.1, -0.05) is 66.7 Å². The van der Waals surface area contributed by atoms with Gasteiger partial charge in [-0.3, -0.25) is 9.59 Å². The van der Waals surface area contributed by atoms with Crippen molar-refractivity contribution in [1.82, 2.24) is 0 Å². The molecule has 5 aromatic carbocycles. The number of benzene rings is 5. The van der Waals surface area contributed by atoms with Crippen LogP contribution < -0.4 is 15.4 Å². The van der Waals surface area contributed by atoms with Crippen molar-refractivity contribution in [1.29, 1.82) is 0 Å². The van der Waals surface area contributed by atoms with Crippen molar-refractivity contribution in [2.75, 3.05) is 10.6 Å². The summed E-state index contributed by atoms with van der Waals surface area (Å²) in [7, 11) is 0. The van der Waals surface area contributed by atoms with Crippen LogP contribution in [0.2, 0.25) is 0 Å². The van der Waals surface area contributed by atoms with E-state index in [0.717, 1.165) is 16.2 Å². The van der Waals surface area contributed by atoms with Crippen LogP contribution in [0.15, 0.2) is 138 Å². The average Bonchev–Trinajstić information content (AvgIpc) is 3.02. The third kappa shape index (κ3) is 7.24. The van der Waals surface area contributed by atoms with E-state index in [4.69, 9.17) is 4.74 Å². The van der Waals surface area contributed by atoms with Gasteiger partial charge in [-0.05, 0) is 72.3 Å². The van der Waals surface area contributed by atoms with Crippen LogP contribution >= 0.6 is 11.8 Å². The molecule has 0 spiro atoms. The first kappa shape index (κ1) is 28.2. The Labute approximate surface area is 247 Å². The third-order valence-electron chi connectivity index (χ3n) is 6.19. The highest BCUT2D eigenvalue weighted by atomic mass is 32.2. The highest BCUT2D eigenvalue weighted by Gasteiger charge is 2.23. The first-order valence-corrected chi connectivity index (χ1v) is 13.9. The van der Waals surface area contributed by atoms with E-state index in [1.165, 1.54) is 23.9 Å². The normalized spacial score (nSPS) is 11.2. The van der Waals surface area contributed by atoms with Crippen LogP contribution in [0.4, 0.5) is 11.4 Å². The molecule has 42 heavy (non-hydrogen) atoms. The number of aromatic carboxylic acids is 1. The number of thioether (sulfide) groups is 1. The van der Waals surface area contributed by atoms with Crippen LogP contribution in [0.5, 0.6) is 11.5 Å². The number of anilines is 2. The Balaban J connectivity index is 1.31. The minimum absolute atomic E-state index is 0.0600. The summed E-state index contributed by atoms with van der Waals surface area (Å²) in [5, 5.41) is 14.6. The van der Waals surface area contributed by atoms with Gasteiger partial charge in [0.1, 0.15) is 16.7 Å². The number of ether oxygens (including phenoxy) is 1. The topological polar surface area (TPSA) is 105 Å². The average molecular weight is 575 g/mol. The van der Waals surface area contributed by atoms with Gasteiger partial charge in [0, 0.05) is 16.3 Å². The number of carbonyl (C=O) groups is 3. The van der Waals surface area contributed by atoms with Gasteiger partial charge in [-0.25, -0.2) is 4.79 Å². The van der Waals surface area contributed by atoms with E-state index in [2.05, 4.69) is 10.6 Å². The van der Waals surface area contributed by atoms with Gasteiger partial charge in [0.05, 0.1) is 11.1 Å². The molecule has 0 saturated carbocycles. The van der Waals surface area contributed by atoms with Crippen molar-refractivity contribution in [3.05, 3.63) is 150 Å². The maximum Gasteiger partial charge on any atom is 0.336 e. The highest BCUT2D eigenvalue weighted by molar-refractivity contribution is 8.00. The fourth-order valence-electron chi connectivity index (χ4n) is 4.19. The van der Waals surface area contributed by atoms with Crippen LogP contribution in [-0.4, -0.2) is 22.9 Å². The summed E-state index contributed by atoms with van der Waals surface area (Å²) in [6.45, 7) is 0. The molecule has 2 amide bonds. The maximum absolute atomic E-state index is 13.6. The number of hydrogen-bond donors (Lipinski definition) is 3. The number of carboxylic acids is 1. The molecular formula is C34H26N2O5S. The molecule has 208 valence electrons. The minimum atomic E-state index is -1.18. The first-order chi connectivity index (χ1) is 20.5. The van der Waals surface area contributed by atoms with Crippen molar-refractivity contribution in [2.45, 2.75) is 10.1 Å². The Morgan fingerprint density at radius 2 is 1.24 bits per heavy atom. The van der Waals surface area contributed by atoms with Crippen molar-refractivity contribution in [3.8, 4) is 11.5 Å². The van der Waals surface area contributed by atoms with Crippen molar-refractivity contribution in [3.63, 3.8) is 0 Å². The van der Waals surface area contributed by atoms with Gasteiger partial charge in [-0.15, -0.1) is 11.8 Å². The smallest absolute Gasteiger partial charge is 0.336 e. The van der Waals surface area contributed by atoms with Crippen molar-refractivity contribution in [2.24, 2.45) is 0 Å². The molecule has 0 heterocycles. The number of hydrogen-bond acceptors (Lipinski definition) is 5. The summed E-state index contributed by atoms with van der Waals surface area (Å²) in [6.07, 6.45) is 0. The monoisotopic (exact) mass is 574 g/mol. The van der Waals surface area contributed by atoms with Gasteiger partial charge < -0.3 is 20.5 Å². The second-order valence-electron chi connectivity index (χ2n) is 9.17. The Morgan fingerprint density at radius 3 is 1.93 bits per heavy atom. The molecular weight excluding hydrogens is 548 g/mol. The molecule has 0 aliphatic carbocycles. The fraction of sp³-hybridized carbons (Fsp3) is 0.0294. The second-order valence-corrected chi connectivity index (χ2v) is 10.3. The SMILES string of the molecule is O=C(O)c1ccccc1C(=O)Nc1cccc(SC(C(=O)Nc2ccc(Oc3ccccc3)cc2)c2ccccc2)c1. The molecule has 0 radical (unpaired) electrons. The van der Waals surface area contributed by atoms with Crippen molar-refractivity contribution >= 4 is 40.9 Å². The lowest BCUT2D eigenvalue weighted by molar-refractivity contribution is -0.115. The number of carbonyl (C=O) groups excluding carboxylic acids is 2. The van der Waals surface area contributed by atoms with Gasteiger partial charge in [0.2, 0.25) is 5.91 Å². The lowest BCUT2D eigenvalue weighted by Gasteiger charge is -2.18. The summed E-state index contributed by atoms with van der Waals surface area (Å²) in [5.74, 6) is -0.558. The van der Waals surface area contributed by atoms with E-state index >= 15 is 0 Å². The molecule has 5 aromatic rings. The van der Waals surface area contributed by atoms with Gasteiger partial charge >= 0.3 is 5.97 Å². The fourth-order valence-corrected chi connectivity index (χ4v) is 5.27. The van der Waals surface area contributed by atoms with Crippen LogP contribution in [0.3, 0.4) is 0 Å². The molecule has 0 aliphatic rings. The quantitative estimate of drug-likeness (QED) is 0.147. The first-order valence-electron chi connectivity index (χ1n) is 13.1. The Kier molecular flexibility index (Phi) is 8.96. The van der Waals surface area contributed by atoms with E-state index < -0.39 is 17.1 Å². The predicted octanol–water partition coefficient (Wildman–Crippen LogP) is 7.90. The summed E-state index contributed by atoms with van der Waals surface area (Å²) in [6, 6.07) is 39.1. The van der Waals surface area contributed by atoms with Crippen LogP contribution in [0.1, 0.15) is 31.5 Å². The van der Waals surface area contributed by atoms with Crippen molar-refractivity contribution < 1.29 is 24.2 Å². The number of nitrogens with one attached hydrogen (secondary N) is 2. The van der Waals surface area contributed by atoms with Gasteiger partial charge in [0.25, 0.3) is 5.91 Å². The predicted molar refractivity (Wildman–Crippen MR) is 164 cm³/mol. The van der Waals surface area contributed by atoms with Crippen LogP contribution in [0, 0.1) is 0 Å². The van der Waals surface area contributed by atoms with Crippen LogP contribution in [-0.2, 0) is 4.79 Å². The molecule has 1 atom stereocenters. The summed E-state index contributed by atoms with van der Waals surface area (Å²) >= 11 is 1.34. The molecule has 8 heteroatoms. The lowest BCUT2D eigenvalue weighted by Crippen LogP contribution is -2.19. The van der Waals surface area contributed by atoms with E-state index in [9.17, 15) is 19.5 Å². The molecule has 0 fully saturated rings. The molecule has 1 unspecified atom stereocenters. The minimum Gasteiger partial charge on any atom is -0.478 e. The Bertz CT molecular complexity index is 1690. The highest BCUT2D eigenvalue weighted by Crippen LogP contribution is 2.37. The molecule has 0 aromatic heterocycles. The maximum atomic E-state index is 13.6. The number of carboxylic acid groups (broad SMARTS) is 1. The molecule has 0 saturated heterocycles. The molecule has 7 nitrogen and oxygen atoms in total. The zero-order valence-electron chi connectivity index (χ0n) is 22.3. The molecule has 5 rings (SSSR count). The largest absolute Gasteiger partial charge is 0.478 e. The number of rotatable bonds is 10. The lowest BCUT2D eigenvalue weighted by atomic mass is 10.1. The molecule has 0 bridgehead atoms. The van der Waals surface area contributed by atoms with E-state index in [0.29, 0.717) is 17.1 Å². The summed E-state index contributed by atoms with van der Waals surface area (Å²) < 4.78 is 5.84. The van der Waals surface area contributed by atoms with Gasteiger partial charge in [0.15, 0.2) is 0 Å². The van der Waals surface area contributed by atoms with E-state index in [1.807, 2.05) is 66.7 Å². The number of amides is 2. The standard InChI is InChI=1S/C34H26N2O5S/c37-32(29-16-7-8-17-30(29)34(39)40)36-25-12-9-15-28(22-25)42-31(23-10-3-1-4-11-23)33(38)35-24-18-20-27(21-19-24)41-26-13-5-2-6-14-26/h1-22,31H,(H,35,38)(H,36,37)(H,39,40). The zero-order valence-corrected chi connectivity index (χ0v) is 23.1. The molecule has 0 aliphatic heterocycles. The van der Waals surface area contributed by atoms with Crippen LogP contribution in [0.25, 0.3) is 0 Å². The number of para-hydroxylation sites is 1. The third-order valence-corrected chi connectivity index (χ3v) is 7.44. The van der Waals surface area contributed by atoms with E-state index in [1.54, 1.807) is 54.6 Å². The summed E-state index contributed by atoms with van der Waals surface area (Å²) in [4.78, 5) is 38.7.